The lowest BCUT2D eigenvalue weighted by atomic mass is 10.2. The van der Waals surface area contributed by atoms with Crippen molar-refractivity contribution in [2.75, 3.05) is 17.7 Å². The Labute approximate surface area is 73.0 Å². The van der Waals surface area contributed by atoms with Crippen LogP contribution in [0.4, 0.5) is 9.80 Å². The van der Waals surface area contributed by atoms with Gasteiger partial charge in [-0.05, 0) is 12.1 Å². The third kappa shape index (κ3) is 1.18. The van der Waals surface area contributed by atoms with Gasteiger partial charge in [0, 0.05) is 6.54 Å². The smallest absolute Gasteiger partial charge is 0.438 e. The van der Waals surface area contributed by atoms with Crippen LogP contribution in [0.3, 0.4) is 0 Å². The highest BCUT2D eigenvalue weighted by atomic mass is 28.3. The number of rotatable bonds is 1. The molecule has 2 rings (SSSR count). The molecule has 1 aromatic carbocycles. The quantitative estimate of drug-likeness (QED) is 0.479. The van der Waals surface area contributed by atoms with E-state index in [-0.39, 0.29) is 0 Å². The summed E-state index contributed by atoms with van der Waals surface area (Å²) in [7, 11) is -0.673. The molecule has 2 radical (unpaired) electrons. The maximum absolute atomic E-state index is 12.5. The van der Waals surface area contributed by atoms with Crippen molar-refractivity contribution in [3.05, 3.63) is 24.3 Å². The number of fused-ring (bicyclic) bond motifs is 1. The maximum atomic E-state index is 12.5. The Hall–Kier alpha value is -1.03. The first-order valence-electron chi connectivity index (χ1n) is 3.77. The van der Waals surface area contributed by atoms with Crippen LogP contribution in [0.15, 0.2) is 24.3 Å². The lowest BCUT2D eigenvalue weighted by Gasteiger charge is -2.27. The fourth-order valence-corrected chi connectivity index (χ4v) is 1.71. The van der Waals surface area contributed by atoms with Crippen molar-refractivity contribution in [3.8, 4) is 5.75 Å². The van der Waals surface area contributed by atoms with Gasteiger partial charge in [-0.2, -0.15) is 0 Å². The number of benzene rings is 1. The molecule has 0 amide bonds. The van der Waals surface area contributed by atoms with Crippen LogP contribution in [0.25, 0.3) is 0 Å². The highest BCUT2D eigenvalue weighted by Gasteiger charge is 2.17. The van der Waals surface area contributed by atoms with Crippen molar-refractivity contribution < 1.29 is 8.84 Å². The highest BCUT2D eigenvalue weighted by Crippen LogP contribution is 2.29. The number of para-hydroxylation sites is 2. The summed E-state index contributed by atoms with van der Waals surface area (Å²) in [6.07, 6.45) is 0. The predicted octanol–water partition coefficient (Wildman–Crippen LogP) is 1.39. The molecule has 1 aliphatic heterocycles. The summed E-state index contributed by atoms with van der Waals surface area (Å²) < 4.78 is 19.5. The van der Waals surface area contributed by atoms with Gasteiger partial charge in [0.25, 0.3) is 0 Å². The first-order chi connectivity index (χ1) is 5.92. The molecule has 2 nitrogen and oxygen atoms in total. The van der Waals surface area contributed by atoms with E-state index in [1.807, 2.05) is 24.3 Å². The molecule has 0 spiro atoms. The second kappa shape index (κ2) is 3.14. The lowest BCUT2D eigenvalue weighted by Crippen LogP contribution is -2.33. The van der Waals surface area contributed by atoms with Gasteiger partial charge in [0.2, 0.25) is 0 Å². The van der Waals surface area contributed by atoms with Gasteiger partial charge in [0.05, 0.1) is 5.69 Å². The lowest BCUT2D eigenvalue weighted by molar-refractivity contribution is 0.315. The van der Waals surface area contributed by atoms with Crippen LogP contribution in [0.1, 0.15) is 0 Å². The second-order valence-corrected chi connectivity index (χ2v) is 3.26. The van der Waals surface area contributed by atoms with Crippen LogP contribution in [0.2, 0.25) is 0 Å². The van der Waals surface area contributed by atoms with Gasteiger partial charge in [0.15, 0.2) is 0 Å². The Balaban J connectivity index is 2.37. The molecule has 0 fully saturated rings. The summed E-state index contributed by atoms with van der Waals surface area (Å²) in [5.74, 6) is 0.786. The largest absolute Gasteiger partial charge is 0.490 e. The molecule has 0 bridgehead atoms. The van der Waals surface area contributed by atoms with Gasteiger partial charge >= 0.3 is 10.0 Å². The van der Waals surface area contributed by atoms with E-state index in [9.17, 15) is 4.11 Å². The SMILES string of the molecule is F[Si]N1CCOc2ccccc21. The predicted molar refractivity (Wildman–Crippen MR) is 46.1 cm³/mol. The molecule has 1 aromatic rings. The molecule has 0 N–H and O–H groups in total. The third-order valence-electron chi connectivity index (χ3n) is 1.83. The van der Waals surface area contributed by atoms with Crippen molar-refractivity contribution in [3.63, 3.8) is 0 Å². The number of hydrogen-bond donors (Lipinski definition) is 0. The molecular formula is C8H8FNOSi. The van der Waals surface area contributed by atoms with E-state index in [1.54, 1.807) is 4.57 Å². The maximum Gasteiger partial charge on any atom is 0.438 e. The van der Waals surface area contributed by atoms with Gasteiger partial charge in [-0.15, -0.1) is 0 Å². The van der Waals surface area contributed by atoms with Crippen LogP contribution >= 0.6 is 0 Å². The normalized spacial score (nSPS) is 15.2. The zero-order valence-electron chi connectivity index (χ0n) is 6.46. The Kier molecular flexibility index (Phi) is 1.99. The Morgan fingerprint density at radius 1 is 1.42 bits per heavy atom. The van der Waals surface area contributed by atoms with Gasteiger partial charge in [-0.1, -0.05) is 12.1 Å². The summed E-state index contributed by atoms with van der Waals surface area (Å²) in [6, 6.07) is 7.52. The van der Waals surface area contributed by atoms with E-state index in [1.165, 1.54) is 0 Å². The van der Waals surface area contributed by atoms with E-state index in [2.05, 4.69) is 0 Å². The van der Waals surface area contributed by atoms with Gasteiger partial charge in [-0.3, -0.25) is 4.11 Å². The summed E-state index contributed by atoms with van der Waals surface area (Å²) in [6.45, 7) is 1.22. The first kappa shape index (κ1) is 7.61. The standard InChI is InChI=1S/C8H8FNOSi/c9-12-10-5-6-11-8-4-2-1-3-7(8)10/h1-4H,5-6H2. The summed E-state index contributed by atoms with van der Waals surface area (Å²) >= 11 is 0. The summed E-state index contributed by atoms with van der Waals surface area (Å²) in [5.41, 5.74) is 0.865. The molecule has 0 saturated carbocycles. The topological polar surface area (TPSA) is 12.5 Å². The van der Waals surface area contributed by atoms with Gasteiger partial charge < -0.3 is 9.30 Å². The van der Waals surface area contributed by atoms with Gasteiger partial charge in [-0.25, -0.2) is 0 Å². The molecule has 0 atom stereocenters. The number of nitrogens with zero attached hydrogens (tertiary/aromatic N) is 1. The average molecular weight is 181 g/mol. The molecule has 0 aliphatic carbocycles. The van der Waals surface area contributed by atoms with Gasteiger partial charge in [0.1, 0.15) is 12.4 Å². The fraction of sp³-hybridized carbons (Fsp3) is 0.250. The fourth-order valence-electron chi connectivity index (χ4n) is 1.26. The van der Waals surface area contributed by atoms with E-state index in [4.69, 9.17) is 4.74 Å². The van der Waals surface area contributed by atoms with Crippen molar-refractivity contribution in [2.45, 2.75) is 0 Å². The molecule has 0 saturated heterocycles. The van der Waals surface area contributed by atoms with Crippen molar-refractivity contribution in [2.24, 2.45) is 0 Å². The summed E-state index contributed by atoms with van der Waals surface area (Å²) in [4.78, 5) is 0. The van der Waals surface area contributed by atoms with Crippen LogP contribution in [-0.2, 0) is 0 Å². The van der Waals surface area contributed by atoms with Crippen molar-refractivity contribution in [1.82, 2.24) is 0 Å². The average Bonchev–Trinajstić information content (AvgIpc) is 2.17. The molecule has 1 aliphatic rings. The minimum atomic E-state index is -0.673. The molecular weight excluding hydrogens is 173 g/mol. The minimum absolute atomic E-state index is 0.577. The van der Waals surface area contributed by atoms with Crippen LogP contribution in [0.5, 0.6) is 5.75 Å². The van der Waals surface area contributed by atoms with E-state index in [0.717, 1.165) is 11.4 Å². The zero-order valence-corrected chi connectivity index (χ0v) is 7.46. The Morgan fingerprint density at radius 3 is 3.08 bits per heavy atom. The van der Waals surface area contributed by atoms with E-state index < -0.39 is 10.0 Å². The van der Waals surface area contributed by atoms with Crippen molar-refractivity contribution in [1.29, 1.82) is 0 Å². The molecule has 0 aromatic heterocycles. The molecule has 1 heterocycles. The zero-order chi connectivity index (χ0) is 8.39. The number of ether oxygens (including phenoxy) is 1. The Morgan fingerprint density at radius 2 is 2.25 bits per heavy atom. The van der Waals surface area contributed by atoms with E-state index in [0.29, 0.717) is 13.2 Å². The van der Waals surface area contributed by atoms with Crippen LogP contribution in [0, 0.1) is 0 Å². The Bertz CT molecular complexity index is 282. The molecule has 12 heavy (non-hydrogen) atoms. The van der Waals surface area contributed by atoms with E-state index >= 15 is 0 Å². The summed E-state index contributed by atoms with van der Waals surface area (Å²) in [5, 5.41) is 0. The molecule has 4 heteroatoms. The number of anilines is 1. The molecule has 0 unspecified atom stereocenters. The third-order valence-corrected chi connectivity index (χ3v) is 2.50. The monoisotopic (exact) mass is 181 g/mol. The first-order valence-corrected chi connectivity index (χ1v) is 4.60. The second-order valence-electron chi connectivity index (χ2n) is 2.55. The minimum Gasteiger partial charge on any atom is -0.490 e. The van der Waals surface area contributed by atoms with Crippen LogP contribution < -0.4 is 9.30 Å². The van der Waals surface area contributed by atoms with Crippen LogP contribution in [-0.4, -0.2) is 23.2 Å². The highest BCUT2D eigenvalue weighted by molar-refractivity contribution is 6.33. The number of hydrogen-bond acceptors (Lipinski definition) is 2. The molecule has 62 valence electrons. The van der Waals surface area contributed by atoms with Crippen molar-refractivity contribution >= 4 is 15.7 Å². The number of halogens is 1.